The molecule has 0 aromatic heterocycles. The molecule has 0 unspecified atom stereocenters. The molecule has 1 fully saturated rings. The maximum absolute atomic E-state index is 8.70. The molecule has 1 saturated heterocycles. The maximum atomic E-state index is 8.70. The second-order valence-electron chi connectivity index (χ2n) is 5.34. The molecular formula is C15H23N3O2. The highest BCUT2D eigenvalue weighted by molar-refractivity contribution is 5.97. The van der Waals surface area contributed by atoms with Gasteiger partial charge in [0.1, 0.15) is 0 Å². The Morgan fingerprint density at radius 3 is 2.70 bits per heavy atom. The number of likely N-dealkylation sites (tertiary alicyclic amines) is 1. The Bertz CT molecular complexity index is 480. The highest BCUT2D eigenvalue weighted by Gasteiger charge is 2.19. The quantitative estimate of drug-likeness (QED) is 0.380. The van der Waals surface area contributed by atoms with Gasteiger partial charge in [-0.1, -0.05) is 17.3 Å². The zero-order valence-corrected chi connectivity index (χ0v) is 12.2. The average Bonchev–Trinajstić information content (AvgIpc) is 2.49. The predicted molar refractivity (Wildman–Crippen MR) is 79.0 cm³/mol. The van der Waals surface area contributed by atoms with Gasteiger partial charge in [-0.2, -0.15) is 0 Å². The van der Waals surface area contributed by atoms with Crippen molar-refractivity contribution in [3.8, 4) is 0 Å². The summed E-state index contributed by atoms with van der Waals surface area (Å²) in [6.45, 7) is 5.14. The van der Waals surface area contributed by atoms with Crippen LogP contribution >= 0.6 is 0 Å². The Labute approximate surface area is 120 Å². The molecule has 0 bridgehead atoms. The van der Waals surface area contributed by atoms with Gasteiger partial charge in [-0.15, -0.1) is 0 Å². The number of nitrogens with two attached hydrogens (primary N) is 1. The normalized spacial score (nSPS) is 18.4. The van der Waals surface area contributed by atoms with Gasteiger partial charge in [-0.25, -0.2) is 0 Å². The lowest BCUT2D eigenvalue weighted by molar-refractivity contribution is 0.0388. The molecule has 5 heteroatoms. The van der Waals surface area contributed by atoms with E-state index in [0.29, 0.717) is 6.10 Å². The van der Waals surface area contributed by atoms with Crippen molar-refractivity contribution in [2.75, 3.05) is 20.2 Å². The first-order valence-electron chi connectivity index (χ1n) is 6.96. The number of ether oxygens (including phenoxy) is 1. The van der Waals surface area contributed by atoms with Crippen molar-refractivity contribution in [3.63, 3.8) is 0 Å². The van der Waals surface area contributed by atoms with Crippen LogP contribution in [0.15, 0.2) is 23.4 Å². The molecule has 1 aliphatic heterocycles. The van der Waals surface area contributed by atoms with Crippen LogP contribution in [0.5, 0.6) is 0 Å². The lowest BCUT2D eigenvalue weighted by atomic mass is 10.0. The number of methoxy groups -OCH3 is 1. The fourth-order valence-corrected chi connectivity index (χ4v) is 2.63. The zero-order valence-electron chi connectivity index (χ0n) is 12.2. The molecule has 0 radical (unpaired) electrons. The molecule has 0 spiro atoms. The largest absolute Gasteiger partial charge is 0.409 e. The maximum Gasteiger partial charge on any atom is 0.170 e. The minimum atomic E-state index is 0.153. The Kier molecular flexibility index (Phi) is 4.98. The number of aryl methyl sites for hydroxylation is 1. The number of amidine groups is 1. The van der Waals surface area contributed by atoms with Crippen molar-refractivity contribution >= 4 is 5.84 Å². The van der Waals surface area contributed by atoms with Gasteiger partial charge in [0.2, 0.25) is 0 Å². The van der Waals surface area contributed by atoms with Crippen LogP contribution in [-0.2, 0) is 11.3 Å². The highest BCUT2D eigenvalue weighted by atomic mass is 16.5. The molecule has 1 aromatic rings. The molecule has 20 heavy (non-hydrogen) atoms. The van der Waals surface area contributed by atoms with Gasteiger partial charge in [-0.05, 0) is 37.0 Å². The summed E-state index contributed by atoms with van der Waals surface area (Å²) in [6, 6.07) is 5.93. The monoisotopic (exact) mass is 277 g/mol. The van der Waals surface area contributed by atoms with Crippen molar-refractivity contribution in [1.29, 1.82) is 0 Å². The molecule has 1 aliphatic rings. The minimum absolute atomic E-state index is 0.153. The van der Waals surface area contributed by atoms with Crippen LogP contribution in [0.4, 0.5) is 0 Å². The molecule has 2 rings (SSSR count). The van der Waals surface area contributed by atoms with E-state index in [4.69, 9.17) is 15.7 Å². The van der Waals surface area contributed by atoms with Crippen LogP contribution in [0, 0.1) is 6.92 Å². The SMILES string of the molecule is COC1CCN(Cc2ccc(/C(N)=N/O)cc2C)CC1. The second-order valence-corrected chi connectivity index (χ2v) is 5.34. The molecule has 0 atom stereocenters. The Morgan fingerprint density at radius 1 is 1.45 bits per heavy atom. The van der Waals surface area contributed by atoms with E-state index in [1.54, 1.807) is 7.11 Å². The fourth-order valence-electron chi connectivity index (χ4n) is 2.63. The summed E-state index contributed by atoms with van der Waals surface area (Å²) in [5.74, 6) is 0.153. The number of piperidine rings is 1. The van der Waals surface area contributed by atoms with Gasteiger partial charge in [0, 0.05) is 32.3 Å². The standard InChI is InChI=1S/C15H23N3O2/c1-11-9-12(15(16)17-19)3-4-13(11)10-18-7-5-14(20-2)6-8-18/h3-4,9,14,19H,5-8,10H2,1-2H3,(H2,16,17). The number of rotatable bonds is 4. The van der Waals surface area contributed by atoms with Crippen LogP contribution in [0.3, 0.4) is 0 Å². The summed E-state index contributed by atoms with van der Waals surface area (Å²) >= 11 is 0. The van der Waals surface area contributed by atoms with E-state index in [0.717, 1.165) is 38.0 Å². The molecule has 0 aliphatic carbocycles. The Hall–Kier alpha value is -1.59. The zero-order chi connectivity index (χ0) is 14.5. The van der Waals surface area contributed by atoms with Crippen molar-refractivity contribution in [2.24, 2.45) is 10.9 Å². The lowest BCUT2D eigenvalue weighted by Gasteiger charge is -2.31. The minimum Gasteiger partial charge on any atom is -0.409 e. The van der Waals surface area contributed by atoms with Crippen molar-refractivity contribution < 1.29 is 9.94 Å². The van der Waals surface area contributed by atoms with Crippen LogP contribution in [0.1, 0.15) is 29.5 Å². The van der Waals surface area contributed by atoms with Crippen LogP contribution in [0.2, 0.25) is 0 Å². The first-order chi connectivity index (χ1) is 9.63. The third-order valence-corrected chi connectivity index (χ3v) is 4.01. The van der Waals surface area contributed by atoms with Gasteiger partial charge in [0.05, 0.1) is 6.10 Å². The van der Waals surface area contributed by atoms with Gasteiger partial charge in [0.25, 0.3) is 0 Å². The number of benzene rings is 1. The predicted octanol–water partition coefficient (Wildman–Crippen LogP) is 1.70. The molecule has 1 aromatic carbocycles. The first-order valence-corrected chi connectivity index (χ1v) is 6.96. The number of hydrogen-bond donors (Lipinski definition) is 2. The topological polar surface area (TPSA) is 71.1 Å². The average molecular weight is 277 g/mol. The van der Waals surface area contributed by atoms with Crippen LogP contribution < -0.4 is 5.73 Å². The highest BCUT2D eigenvalue weighted by Crippen LogP contribution is 2.18. The fraction of sp³-hybridized carbons (Fsp3) is 0.533. The number of oxime groups is 1. The molecular weight excluding hydrogens is 254 g/mol. The summed E-state index contributed by atoms with van der Waals surface area (Å²) in [5, 5.41) is 11.7. The summed E-state index contributed by atoms with van der Waals surface area (Å²) in [7, 11) is 1.79. The van der Waals surface area contributed by atoms with Crippen molar-refractivity contribution in [1.82, 2.24) is 4.90 Å². The summed E-state index contributed by atoms with van der Waals surface area (Å²) in [6.07, 6.45) is 2.60. The number of hydrogen-bond acceptors (Lipinski definition) is 4. The smallest absolute Gasteiger partial charge is 0.170 e. The van der Waals surface area contributed by atoms with Crippen molar-refractivity contribution in [2.45, 2.75) is 32.4 Å². The second kappa shape index (κ2) is 6.72. The Morgan fingerprint density at radius 2 is 2.15 bits per heavy atom. The molecule has 1 heterocycles. The van der Waals surface area contributed by atoms with E-state index >= 15 is 0 Å². The van der Waals surface area contributed by atoms with E-state index in [2.05, 4.69) is 23.0 Å². The third-order valence-electron chi connectivity index (χ3n) is 4.01. The summed E-state index contributed by atoms with van der Waals surface area (Å²) in [5.41, 5.74) is 8.82. The molecule has 0 saturated carbocycles. The van der Waals surface area contributed by atoms with E-state index in [1.807, 2.05) is 12.1 Å². The van der Waals surface area contributed by atoms with Gasteiger partial charge >= 0.3 is 0 Å². The Balaban J connectivity index is 2.00. The van der Waals surface area contributed by atoms with E-state index in [-0.39, 0.29) is 5.84 Å². The van der Waals surface area contributed by atoms with Gasteiger partial charge in [-0.3, -0.25) is 4.90 Å². The molecule has 3 N–H and O–H groups in total. The third kappa shape index (κ3) is 3.49. The van der Waals surface area contributed by atoms with Gasteiger partial charge < -0.3 is 15.7 Å². The van der Waals surface area contributed by atoms with Crippen LogP contribution in [-0.4, -0.2) is 42.2 Å². The molecule has 110 valence electrons. The van der Waals surface area contributed by atoms with Crippen molar-refractivity contribution in [3.05, 3.63) is 34.9 Å². The van der Waals surface area contributed by atoms with E-state index in [1.165, 1.54) is 11.1 Å². The molecule has 0 amide bonds. The van der Waals surface area contributed by atoms with E-state index < -0.39 is 0 Å². The van der Waals surface area contributed by atoms with Gasteiger partial charge in [0.15, 0.2) is 5.84 Å². The number of nitrogens with zero attached hydrogens (tertiary/aromatic N) is 2. The lowest BCUT2D eigenvalue weighted by Crippen LogP contribution is -2.36. The summed E-state index contributed by atoms with van der Waals surface area (Å²) in [4.78, 5) is 2.45. The molecule has 5 nitrogen and oxygen atoms in total. The first kappa shape index (κ1) is 14.8. The van der Waals surface area contributed by atoms with E-state index in [9.17, 15) is 0 Å². The van der Waals surface area contributed by atoms with Crippen LogP contribution in [0.25, 0.3) is 0 Å². The summed E-state index contributed by atoms with van der Waals surface area (Å²) < 4.78 is 5.39.